The van der Waals surface area contributed by atoms with Crippen molar-refractivity contribution in [3.8, 4) is 0 Å². The molecule has 0 atom stereocenters. The highest BCUT2D eigenvalue weighted by Crippen LogP contribution is 2.23. The van der Waals surface area contributed by atoms with Gasteiger partial charge in [0.2, 0.25) is 0 Å². The number of nitrogens with two attached hydrogens (primary N) is 1. The van der Waals surface area contributed by atoms with Crippen LogP contribution in [0.2, 0.25) is 0 Å². The van der Waals surface area contributed by atoms with Gasteiger partial charge in [0.05, 0.1) is 4.92 Å². The Labute approximate surface area is 125 Å². The number of amides is 1. The number of nitrogen functional groups attached to an aromatic ring is 1. The van der Waals surface area contributed by atoms with Crippen LogP contribution in [0.1, 0.15) is 49.9 Å². The quantitative estimate of drug-likeness (QED) is 0.452. The maximum atomic E-state index is 12.5. The molecule has 2 N–H and O–H groups in total. The second-order valence-corrected chi connectivity index (χ2v) is 5.03. The zero-order valence-electron chi connectivity index (χ0n) is 12.7. The SMILES string of the molecule is CCCCN(CCCC)C(=O)c1ccc([N+](=O)[O-])c(N)c1. The third kappa shape index (κ3) is 4.73. The largest absolute Gasteiger partial charge is 0.393 e. The van der Waals surface area contributed by atoms with Crippen molar-refractivity contribution in [1.82, 2.24) is 4.90 Å². The highest BCUT2D eigenvalue weighted by atomic mass is 16.6. The Kier molecular flexibility index (Phi) is 6.65. The Balaban J connectivity index is 2.91. The number of benzene rings is 1. The minimum atomic E-state index is -0.546. The van der Waals surface area contributed by atoms with E-state index in [0.29, 0.717) is 18.7 Å². The molecule has 0 saturated carbocycles. The van der Waals surface area contributed by atoms with Gasteiger partial charge in [-0.3, -0.25) is 14.9 Å². The normalized spacial score (nSPS) is 10.4. The van der Waals surface area contributed by atoms with E-state index in [1.807, 2.05) is 0 Å². The molecule has 6 heteroatoms. The lowest BCUT2D eigenvalue weighted by Crippen LogP contribution is -2.33. The Bertz CT molecular complexity index is 495. The van der Waals surface area contributed by atoms with Crippen molar-refractivity contribution < 1.29 is 9.72 Å². The molecule has 0 aliphatic heterocycles. The van der Waals surface area contributed by atoms with Crippen molar-refractivity contribution in [3.05, 3.63) is 33.9 Å². The second-order valence-electron chi connectivity index (χ2n) is 5.03. The van der Waals surface area contributed by atoms with Crippen LogP contribution in [-0.4, -0.2) is 28.8 Å². The summed E-state index contributed by atoms with van der Waals surface area (Å²) >= 11 is 0. The molecule has 0 fully saturated rings. The molecule has 116 valence electrons. The molecular weight excluding hydrogens is 270 g/mol. The summed E-state index contributed by atoms with van der Waals surface area (Å²) in [4.78, 5) is 24.5. The van der Waals surface area contributed by atoms with Crippen LogP contribution in [0.4, 0.5) is 11.4 Å². The molecule has 0 aliphatic carbocycles. The molecule has 1 rings (SSSR count). The van der Waals surface area contributed by atoms with Gasteiger partial charge in [-0.25, -0.2) is 0 Å². The third-order valence-corrected chi connectivity index (χ3v) is 3.32. The monoisotopic (exact) mass is 293 g/mol. The molecule has 0 saturated heterocycles. The lowest BCUT2D eigenvalue weighted by molar-refractivity contribution is -0.383. The fourth-order valence-electron chi connectivity index (χ4n) is 2.05. The predicted molar refractivity (Wildman–Crippen MR) is 83.2 cm³/mol. The van der Waals surface area contributed by atoms with Gasteiger partial charge in [-0.15, -0.1) is 0 Å². The third-order valence-electron chi connectivity index (χ3n) is 3.32. The van der Waals surface area contributed by atoms with E-state index < -0.39 is 4.92 Å². The number of nitro groups is 1. The lowest BCUT2D eigenvalue weighted by atomic mass is 10.1. The summed E-state index contributed by atoms with van der Waals surface area (Å²) in [6.07, 6.45) is 3.91. The molecule has 0 bridgehead atoms. The number of nitro benzene ring substituents is 1. The van der Waals surface area contributed by atoms with Gasteiger partial charge in [-0.2, -0.15) is 0 Å². The number of unbranched alkanes of at least 4 members (excludes halogenated alkanes) is 2. The first-order valence-electron chi connectivity index (χ1n) is 7.34. The standard InChI is InChI=1S/C15H23N3O3/c1-3-5-9-17(10-6-4-2)15(19)12-7-8-14(18(20)21)13(16)11-12/h7-8,11H,3-6,9-10,16H2,1-2H3. The summed E-state index contributed by atoms with van der Waals surface area (Å²) in [6, 6.07) is 4.16. The van der Waals surface area contributed by atoms with E-state index in [9.17, 15) is 14.9 Å². The van der Waals surface area contributed by atoms with Gasteiger partial charge < -0.3 is 10.6 Å². The average Bonchev–Trinajstić information content (AvgIpc) is 2.46. The first kappa shape index (κ1) is 16.9. The van der Waals surface area contributed by atoms with Gasteiger partial charge in [0.15, 0.2) is 0 Å². The van der Waals surface area contributed by atoms with Crippen molar-refractivity contribution in [2.75, 3.05) is 18.8 Å². The van der Waals surface area contributed by atoms with Crippen LogP contribution in [0, 0.1) is 10.1 Å². The van der Waals surface area contributed by atoms with Crippen molar-refractivity contribution in [2.45, 2.75) is 39.5 Å². The molecule has 1 aromatic rings. The summed E-state index contributed by atoms with van der Waals surface area (Å²) in [5.41, 5.74) is 5.91. The number of carbonyl (C=O) groups is 1. The lowest BCUT2D eigenvalue weighted by Gasteiger charge is -2.22. The maximum absolute atomic E-state index is 12.5. The summed E-state index contributed by atoms with van der Waals surface area (Å²) in [5.74, 6) is -0.113. The van der Waals surface area contributed by atoms with Gasteiger partial charge in [-0.1, -0.05) is 26.7 Å². The number of rotatable bonds is 8. The fourth-order valence-corrected chi connectivity index (χ4v) is 2.05. The van der Waals surface area contributed by atoms with Gasteiger partial charge in [0.1, 0.15) is 5.69 Å². The smallest absolute Gasteiger partial charge is 0.292 e. The molecule has 6 nitrogen and oxygen atoms in total. The van der Waals surface area contributed by atoms with E-state index in [-0.39, 0.29) is 17.3 Å². The van der Waals surface area contributed by atoms with Gasteiger partial charge in [-0.05, 0) is 25.0 Å². The molecular formula is C15H23N3O3. The first-order valence-corrected chi connectivity index (χ1v) is 7.34. The summed E-state index contributed by atoms with van der Waals surface area (Å²) in [7, 11) is 0. The number of hydrogen-bond donors (Lipinski definition) is 1. The van der Waals surface area contributed by atoms with E-state index in [1.165, 1.54) is 18.2 Å². The molecule has 1 aromatic carbocycles. The zero-order chi connectivity index (χ0) is 15.8. The highest BCUT2D eigenvalue weighted by molar-refractivity contribution is 5.95. The summed E-state index contributed by atoms with van der Waals surface area (Å²) < 4.78 is 0. The summed E-state index contributed by atoms with van der Waals surface area (Å²) in [5, 5.41) is 10.7. The Morgan fingerprint density at radius 1 is 1.24 bits per heavy atom. The summed E-state index contributed by atoms with van der Waals surface area (Å²) in [6.45, 7) is 5.55. The molecule has 0 aromatic heterocycles. The van der Waals surface area contributed by atoms with Crippen molar-refractivity contribution in [2.24, 2.45) is 0 Å². The van der Waals surface area contributed by atoms with Crippen molar-refractivity contribution >= 4 is 17.3 Å². The Morgan fingerprint density at radius 2 is 1.81 bits per heavy atom. The highest BCUT2D eigenvalue weighted by Gasteiger charge is 2.18. The van der Waals surface area contributed by atoms with Crippen LogP contribution in [-0.2, 0) is 0 Å². The predicted octanol–water partition coefficient (Wildman–Crippen LogP) is 3.22. The van der Waals surface area contributed by atoms with E-state index in [2.05, 4.69) is 13.8 Å². The molecule has 1 amide bonds. The van der Waals surface area contributed by atoms with E-state index in [1.54, 1.807) is 4.90 Å². The molecule has 21 heavy (non-hydrogen) atoms. The van der Waals surface area contributed by atoms with Crippen molar-refractivity contribution in [3.63, 3.8) is 0 Å². The van der Waals surface area contributed by atoms with Crippen LogP contribution in [0.25, 0.3) is 0 Å². The topological polar surface area (TPSA) is 89.5 Å². The zero-order valence-corrected chi connectivity index (χ0v) is 12.7. The van der Waals surface area contributed by atoms with Crippen LogP contribution < -0.4 is 5.73 Å². The van der Waals surface area contributed by atoms with Gasteiger partial charge in [0, 0.05) is 24.7 Å². The van der Waals surface area contributed by atoms with E-state index in [0.717, 1.165) is 25.7 Å². The van der Waals surface area contributed by atoms with Crippen LogP contribution in [0.3, 0.4) is 0 Å². The van der Waals surface area contributed by atoms with Crippen LogP contribution in [0.5, 0.6) is 0 Å². The van der Waals surface area contributed by atoms with E-state index in [4.69, 9.17) is 5.73 Å². The number of nitrogens with zero attached hydrogens (tertiary/aromatic N) is 2. The fraction of sp³-hybridized carbons (Fsp3) is 0.533. The first-order chi connectivity index (χ1) is 10.0. The van der Waals surface area contributed by atoms with E-state index >= 15 is 0 Å². The van der Waals surface area contributed by atoms with Gasteiger partial charge >= 0.3 is 0 Å². The Hall–Kier alpha value is -2.11. The number of carbonyl (C=O) groups excluding carboxylic acids is 1. The number of hydrogen-bond acceptors (Lipinski definition) is 4. The Morgan fingerprint density at radius 3 is 2.24 bits per heavy atom. The molecule has 0 unspecified atom stereocenters. The minimum absolute atomic E-state index is 0.0248. The maximum Gasteiger partial charge on any atom is 0.292 e. The number of anilines is 1. The molecule has 0 aliphatic rings. The van der Waals surface area contributed by atoms with Crippen LogP contribution >= 0.6 is 0 Å². The average molecular weight is 293 g/mol. The second kappa shape index (κ2) is 8.24. The van der Waals surface area contributed by atoms with Crippen LogP contribution in [0.15, 0.2) is 18.2 Å². The minimum Gasteiger partial charge on any atom is -0.393 e. The van der Waals surface area contributed by atoms with Gasteiger partial charge in [0.25, 0.3) is 11.6 Å². The molecule has 0 radical (unpaired) electrons. The molecule has 0 heterocycles. The molecule has 0 spiro atoms. The van der Waals surface area contributed by atoms with Crippen molar-refractivity contribution in [1.29, 1.82) is 0 Å².